The van der Waals surface area contributed by atoms with E-state index in [0.717, 1.165) is 50.2 Å². The fraction of sp³-hybridized carbons (Fsp3) is 0.483. The molecule has 8 heteroatoms. The molecule has 2 saturated heterocycles. The Kier molecular flexibility index (Phi) is 9.68. The van der Waals surface area contributed by atoms with Gasteiger partial charge < -0.3 is 19.5 Å². The topological polar surface area (TPSA) is 92.2 Å². The lowest BCUT2D eigenvalue weighted by atomic mass is 9.95. The van der Waals surface area contributed by atoms with Crippen LogP contribution < -0.4 is 4.74 Å². The standard InChI is InChI=1S/C29H37N3O5/c1-2-3-4-5-19-37-24-9-7-22(8-10-24)26-25(27(33)23-11-13-30-14-12-23)28(34)29(35)32(26)16-6-15-31-17-20-36-21-18-31/h7-14,26,33H,2-6,15-21H2,1H3/b27-25+. The van der Waals surface area contributed by atoms with Gasteiger partial charge in [-0.1, -0.05) is 38.3 Å². The average molecular weight is 508 g/mol. The smallest absolute Gasteiger partial charge is 0.295 e. The van der Waals surface area contributed by atoms with Crippen molar-refractivity contribution in [2.45, 2.75) is 45.1 Å². The van der Waals surface area contributed by atoms with Crippen molar-refractivity contribution in [1.29, 1.82) is 0 Å². The summed E-state index contributed by atoms with van der Waals surface area (Å²) in [7, 11) is 0. The first-order chi connectivity index (χ1) is 18.1. The molecule has 3 heterocycles. The Bertz CT molecular complexity index is 1060. The minimum absolute atomic E-state index is 0.107. The molecular weight excluding hydrogens is 470 g/mol. The Labute approximate surface area is 218 Å². The van der Waals surface area contributed by atoms with E-state index in [1.165, 1.54) is 12.8 Å². The molecule has 0 bridgehead atoms. The molecule has 2 aliphatic heterocycles. The summed E-state index contributed by atoms with van der Waals surface area (Å²) in [6, 6.07) is 10.1. The van der Waals surface area contributed by atoms with E-state index in [2.05, 4.69) is 16.8 Å². The number of ketones is 1. The highest BCUT2D eigenvalue weighted by atomic mass is 16.5. The molecule has 0 saturated carbocycles. The number of rotatable bonds is 12. The number of benzene rings is 1. The molecule has 8 nitrogen and oxygen atoms in total. The highest BCUT2D eigenvalue weighted by molar-refractivity contribution is 6.46. The van der Waals surface area contributed by atoms with Crippen molar-refractivity contribution in [3.05, 3.63) is 65.5 Å². The molecule has 1 atom stereocenters. The molecular formula is C29H37N3O5. The van der Waals surface area contributed by atoms with Crippen LogP contribution in [0.3, 0.4) is 0 Å². The van der Waals surface area contributed by atoms with E-state index in [1.807, 2.05) is 24.3 Å². The summed E-state index contributed by atoms with van der Waals surface area (Å²) < 4.78 is 11.3. The third kappa shape index (κ3) is 6.76. The van der Waals surface area contributed by atoms with Crippen LogP contribution in [0.1, 0.15) is 56.2 Å². The zero-order valence-electron chi connectivity index (χ0n) is 21.6. The quantitative estimate of drug-likeness (QED) is 0.199. The summed E-state index contributed by atoms with van der Waals surface area (Å²) >= 11 is 0. The summed E-state index contributed by atoms with van der Waals surface area (Å²) in [5.74, 6) is -0.683. The van der Waals surface area contributed by atoms with Crippen molar-refractivity contribution in [1.82, 2.24) is 14.8 Å². The molecule has 0 radical (unpaired) electrons. The molecule has 1 N–H and O–H groups in total. The lowest BCUT2D eigenvalue weighted by Gasteiger charge is -2.29. The molecule has 1 unspecified atom stereocenters. The minimum atomic E-state index is -0.670. The van der Waals surface area contributed by atoms with Gasteiger partial charge in [0.05, 0.1) is 31.4 Å². The monoisotopic (exact) mass is 507 g/mol. The Morgan fingerprint density at radius 1 is 1.00 bits per heavy atom. The molecule has 4 rings (SSSR count). The zero-order chi connectivity index (χ0) is 26.0. The summed E-state index contributed by atoms with van der Waals surface area (Å²) in [5.41, 5.74) is 1.33. The number of amides is 1. The summed E-state index contributed by atoms with van der Waals surface area (Å²) in [5, 5.41) is 11.1. The van der Waals surface area contributed by atoms with Crippen LogP contribution in [0.5, 0.6) is 5.75 Å². The van der Waals surface area contributed by atoms with E-state index in [-0.39, 0.29) is 11.3 Å². The summed E-state index contributed by atoms with van der Waals surface area (Å²) in [4.78, 5) is 34.3. The van der Waals surface area contributed by atoms with Crippen molar-refractivity contribution in [3.63, 3.8) is 0 Å². The number of pyridine rings is 1. The lowest BCUT2D eigenvalue weighted by molar-refractivity contribution is -0.140. The van der Waals surface area contributed by atoms with Gasteiger partial charge in [0.25, 0.3) is 11.7 Å². The number of unbranched alkanes of at least 4 members (excludes halogenated alkanes) is 3. The third-order valence-electron chi connectivity index (χ3n) is 6.93. The minimum Gasteiger partial charge on any atom is -0.507 e. The fourth-order valence-electron chi connectivity index (χ4n) is 4.88. The SMILES string of the molecule is CCCCCCOc1ccc(C2/C(=C(\O)c3ccncc3)C(=O)C(=O)N2CCCN2CCOCC2)cc1. The molecule has 0 aliphatic carbocycles. The van der Waals surface area contributed by atoms with Crippen molar-refractivity contribution in [2.75, 3.05) is 46.0 Å². The van der Waals surface area contributed by atoms with Gasteiger partial charge in [0.1, 0.15) is 11.5 Å². The molecule has 2 aromatic rings. The van der Waals surface area contributed by atoms with Gasteiger partial charge in [0.2, 0.25) is 0 Å². The number of aliphatic hydroxyl groups is 1. The van der Waals surface area contributed by atoms with Gasteiger partial charge in [-0.3, -0.25) is 19.5 Å². The number of likely N-dealkylation sites (tertiary alicyclic amines) is 1. The van der Waals surface area contributed by atoms with E-state index < -0.39 is 17.7 Å². The number of hydrogen-bond donors (Lipinski definition) is 1. The Morgan fingerprint density at radius 3 is 2.43 bits per heavy atom. The van der Waals surface area contributed by atoms with Gasteiger partial charge in [0, 0.05) is 44.1 Å². The van der Waals surface area contributed by atoms with Gasteiger partial charge in [-0.05, 0) is 42.7 Å². The molecule has 2 aliphatic rings. The second-order valence-corrected chi connectivity index (χ2v) is 9.51. The van der Waals surface area contributed by atoms with E-state index in [0.29, 0.717) is 31.9 Å². The number of morpholine rings is 1. The number of carbonyl (C=O) groups excluding carboxylic acids is 2. The highest BCUT2D eigenvalue weighted by Gasteiger charge is 2.45. The van der Waals surface area contributed by atoms with Gasteiger partial charge >= 0.3 is 0 Å². The van der Waals surface area contributed by atoms with Crippen molar-refractivity contribution in [2.24, 2.45) is 0 Å². The molecule has 1 aromatic heterocycles. The van der Waals surface area contributed by atoms with Crippen molar-refractivity contribution in [3.8, 4) is 5.75 Å². The van der Waals surface area contributed by atoms with E-state index in [9.17, 15) is 14.7 Å². The first-order valence-electron chi connectivity index (χ1n) is 13.3. The molecule has 37 heavy (non-hydrogen) atoms. The number of carbonyl (C=O) groups is 2. The van der Waals surface area contributed by atoms with E-state index in [4.69, 9.17) is 9.47 Å². The van der Waals surface area contributed by atoms with Crippen LogP contribution in [-0.4, -0.2) is 77.6 Å². The second kappa shape index (κ2) is 13.4. The van der Waals surface area contributed by atoms with Crippen molar-refractivity contribution >= 4 is 17.4 Å². The van der Waals surface area contributed by atoms with Gasteiger partial charge in [0.15, 0.2) is 0 Å². The van der Waals surface area contributed by atoms with Crippen LogP contribution in [-0.2, 0) is 14.3 Å². The Balaban J connectivity index is 1.56. The largest absolute Gasteiger partial charge is 0.507 e. The van der Waals surface area contributed by atoms with Crippen LogP contribution in [0.4, 0.5) is 0 Å². The highest BCUT2D eigenvalue weighted by Crippen LogP contribution is 2.39. The zero-order valence-corrected chi connectivity index (χ0v) is 21.6. The molecule has 1 amide bonds. The number of aliphatic hydroxyl groups excluding tert-OH is 1. The van der Waals surface area contributed by atoms with Gasteiger partial charge in [-0.15, -0.1) is 0 Å². The molecule has 198 valence electrons. The maximum atomic E-state index is 13.2. The Morgan fingerprint density at radius 2 is 1.73 bits per heavy atom. The first kappa shape index (κ1) is 26.8. The lowest BCUT2D eigenvalue weighted by Crippen LogP contribution is -2.38. The predicted molar refractivity (Wildman–Crippen MR) is 141 cm³/mol. The van der Waals surface area contributed by atoms with Crippen LogP contribution in [0.2, 0.25) is 0 Å². The number of aromatic nitrogens is 1. The summed E-state index contributed by atoms with van der Waals surface area (Å²) in [6.45, 7) is 7.21. The normalized spacial score (nSPS) is 19.9. The average Bonchev–Trinajstić information content (AvgIpc) is 3.19. The fourth-order valence-corrected chi connectivity index (χ4v) is 4.88. The molecule has 1 aromatic carbocycles. The maximum Gasteiger partial charge on any atom is 0.295 e. The molecule has 2 fully saturated rings. The van der Waals surface area contributed by atoms with Crippen LogP contribution in [0, 0.1) is 0 Å². The van der Waals surface area contributed by atoms with E-state index in [1.54, 1.807) is 29.4 Å². The summed E-state index contributed by atoms with van der Waals surface area (Å²) in [6.07, 6.45) is 8.34. The van der Waals surface area contributed by atoms with Gasteiger partial charge in [-0.2, -0.15) is 0 Å². The second-order valence-electron chi connectivity index (χ2n) is 9.51. The number of hydrogen-bond acceptors (Lipinski definition) is 7. The predicted octanol–water partition coefficient (Wildman–Crippen LogP) is 4.18. The number of Topliss-reactive ketones (excluding diaryl/α,β-unsaturated/α-hetero) is 1. The van der Waals surface area contributed by atoms with Crippen LogP contribution in [0.25, 0.3) is 5.76 Å². The number of ether oxygens (including phenoxy) is 2. The Hall–Kier alpha value is -3.23. The van der Waals surface area contributed by atoms with Crippen LogP contribution >= 0.6 is 0 Å². The van der Waals surface area contributed by atoms with Gasteiger partial charge in [-0.25, -0.2) is 0 Å². The number of nitrogens with zero attached hydrogens (tertiary/aromatic N) is 3. The van der Waals surface area contributed by atoms with E-state index >= 15 is 0 Å². The van der Waals surface area contributed by atoms with Crippen LogP contribution in [0.15, 0.2) is 54.4 Å². The van der Waals surface area contributed by atoms with Crippen molar-refractivity contribution < 1.29 is 24.2 Å². The molecule has 0 spiro atoms. The maximum absolute atomic E-state index is 13.2. The first-order valence-corrected chi connectivity index (χ1v) is 13.3. The third-order valence-corrected chi connectivity index (χ3v) is 6.93.